The number of hydrogen-bond acceptors (Lipinski definition) is 4. The van der Waals surface area contributed by atoms with Gasteiger partial charge < -0.3 is 9.67 Å². The van der Waals surface area contributed by atoms with Gasteiger partial charge in [-0.1, -0.05) is 30.3 Å². The molecule has 0 fully saturated rings. The van der Waals surface area contributed by atoms with Crippen molar-refractivity contribution in [3.8, 4) is 17.1 Å². The highest BCUT2D eigenvalue weighted by Gasteiger charge is 2.12. The van der Waals surface area contributed by atoms with Crippen LogP contribution in [0.15, 0.2) is 60.8 Å². The number of carbonyl (C=O) groups is 2. The molecule has 0 radical (unpaired) electrons. The van der Waals surface area contributed by atoms with Crippen molar-refractivity contribution in [2.75, 3.05) is 0 Å². The Hall–Kier alpha value is -3.21. The van der Waals surface area contributed by atoms with Crippen molar-refractivity contribution >= 4 is 11.6 Å². The van der Waals surface area contributed by atoms with Gasteiger partial charge >= 0.3 is 0 Å². The van der Waals surface area contributed by atoms with Gasteiger partial charge in [-0.3, -0.25) is 9.59 Å². The molecule has 0 saturated heterocycles. The number of phenolic OH excluding ortho intramolecular Hbond substituents is 1. The smallest absolute Gasteiger partial charge is 0.163 e. The molecule has 0 aliphatic carbocycles. The molecule has 1 aromatic heterocycles. The summed E-state index contributed by atoms with van der Waals surface area (Å²) in [5, 5.41) is 9.26. The Balaban J connectivity index is 1.52. The first-order valence-electron chi connectivity index (χ1n) is 8.94. The normalized spacial score (nSPS) is 10.7. The third-order valence-electron chi connectivity index (χ3n) is 4.60. The van der Waals surface area contributed by atoms with Crippen LogP contribution in [0.3, 0.4) is 0 Å². The lowest BCUT2D eigenvalue weighted by Crippen LogP contribution is -2.07. The minimum atomic E-state index is -0.0877. The van der Waals surface area contributed by atoms with Crippen LogP contribution >= 0.6 is 0 Å². The molecule has 0 atom stereocenters. The summed E-state index contributed by atoms with van der Waals surface area (Å²) < 4.78 is 2.00. The maximum absolute atomic E-state index is 12.2. The van der Waals surface area contributed by atoms with E-state index < -0.39 is 0 Å². The van der Waals surface area contributed by atoms with Crippen molar-refractivity contribution in [3.63, 3.8) is 0 Å². The number of imidazole rings is 1. The highest BCUT2D eigenvalue weighted by Crippen LogP contribution is 2.19. The zero-order chi connectivity index (χ0) is 19.2. The van der Waals surface area contributed by atoms with Crippen molar-refractivity contribution in [2.45, 2.75) is 25.7 Å². The van der Waals surface area contributed by atoms with Crippen LogP contribution < -0.4 is 0 Å². The van der Waals surface area contributed by atoms with E-state index in [1.54, 1.807) is 18.3 Å². The van der Waals surface area contributed by atoms with Crippen LogP contribution in [0.1, 0.15) is 35.3 Å². The third kappa shape index (κ3) is 4.70. The maximum atomic E-state index is 12.2. The molecule has 5 nitrogen and oxygen atoms in total. The topological polar surface area (TPSA) is 72.2 Å². The molecule has 3 aromatic rings. The Bertz CT molecular complexity index is 928. The van der Waals surface area contributed by atoms with Gasteiger partial charge in [-0.25, -0.2) is 4.98 Å². The minimum Gasteiger partial charge on any atom is -0.508 e. The highest BCUT2D eigenvalue weighted by atomic mass is 16.3. The lowest BCUT2D eigenvalue weighted by Gasteiger charge is -2.06. The van der Waals surface area contributed by atoms with Crippen molar-refractivity contribution in [3.05, 3.63) is 72.1 Å². The summed E-state index contributed by atoms with van der Waals surface area (Å²) >= 11 is 0. The molecule has 0 saturated carbocycles. The van der Waals surface area contributed by atoms with Crippen molar-refractivity contribution in [1.29, 1.82) is 0 Å². The summed E-state index contributed by atoms with van der Waals surface area (Å²) in [6, 6.07) is 16.0. The van der Waals surface area contributed by atoms with Crippen LogP contribution in [0.25, 0.3) is 11.4 Å². The summed E-state index contributed by atoms with van der Waals surface area (Å²) in [4.78, 5) is 28.7. The van der Waals surface area contributed by atoms with E-state index in [4.69, 9.17) is 0 Å². The molecule has 0 aliphatic heterocycles. The molecule has 0 unspecified atom stereocenters. The lowest BCUT2D eigenvalue weighted by molar-refractivity contribution is -0.119. The number of rotatable bonds is 8. The SMILES string of the molecule is Cn1c(CCC(=O)CCC(=O)c2ccc(O)cc2)cnc1-c1ccccc1. The van der Waals surface area contributed by atoms with E-state index >= 15 is 0 Å². The zero-order valence-corrected chi connectivity index (χ0v) is 15.3. The van der Waals surface area contributed by atoms with Gasteiger partial charge in [-0.05, 0) is 30.7 Å². The average Bonchev–Trinajstić information content (AvgIpc) is 3.06. The van der Waals surface area contributed by atoms with Crippen molar-refractivity contribution in [2.24, 2.45) is 7.05 Å². The monoisotopic (exact) mass is 362 g/mol. The number of carbonyl (C=O) groups excluding carboxylic acids is 2. The summed E-state index contributed by atoms with van der Waals surface area (Å²) in [5.41, 5.74) is 2.55. The molecule has 138 valence electrons. The first kappa shape index (κ1) is 18.6. The second-order valence-electron chi connectivity index (χ2n) is 6.51. The van der Waals surface area contributed by atoms with E-state index in [-0.39, 0.29) is 30.2 Å². The van der Waals surface area contributed by atoms with Crippen LogP contribution in [0.5, 0.6) is 5.75 Å². The summed E-state index contributed by atoms with van der Waals surface area (Å²) in [7, 11) is 1.95. The number of aromatic hydroxyl groups is 1. The Morgan fingerprint density at radius 2 is 1.67 bits per heavy atom. The first-order chi connectivity index (χ1) is 13.0. The summed E-state index contributed by atoms with van der Waals surface area (Å²) in [5.74, 6) is 0.967. The molecule has 3 rings (SSSR count). The Labute approximate surface area is 158 Å². The third-order valence-corrected chi connectivity index (χ3v) is 4.60. The molecule has 0 amide bonds. The number of Topliss-reactive ketones (excluding diaryl/α,β-unsaturated/α-hetero) is 2. The van der Waals surface area contributed by atoms with E-state index in [1.807, 2.05) is 41.9 Å². The molecule has 2 aromatic carbocycles. The van der Waals surface area contributed by atoms with Gasteiger partial charge in [0.2, 0.25) is 0 Å². The van der Waals surface area contributed by atoms with E-state index in [2.05, 4.69) is 4.98 Å². The van der Waals surface area contributed by atoms with Gasteiger partial charge in [0.25, 0.3) is 0 Å². The fraction of sp³-hybridized carbons (Fsp3) is 0.227. The summed E-state index contributed by atoms with van der Waals surface area (Å²) in [6.07, 6.45) is 3.20. The van der Waals surface area contributed by atoms with Gasteiger partial charge in [0, 0.05) is 49.3 Å². The predicted molar refractivity (Wildman–Crippen MR) is 104 cm³/mol. The largest absolute Gasteiger partial charge is 0.508 e. The quantitative estimate of drug-likeness (QED) is 0.616. The van der Waals surface area contributed by atoms with E-state index in [0.717, 1.165) is 17.1 Å². The number of aryl methyl sites for hydroxylation is 1. The minimum absolute atomic E-state index is 0.0598. The molecule has 27 heavy (non-hydrogen) atoms. The van der Waals surface area contributed by atoms with Crippen molar-refractivity contribution < 1.29 is 14.7 Å². The van der Waals surface area contributed by atoms with Crippen LogP contribution in [0.2, 0.25) is 0 Å². The van der Waals surface area contributed by atoms with Crippen LogP contribution in [0.4, 0.5) is 0 Å². The van der Waals surface area contributed by atoms with Gasteiger partial charge in [-0.2, -0.15) is 0 Å². The Morgan fingerprint density at radius 3 is 2.37 bits per heavy atom. The van der Waals surface area contributed by atoms with E-state index in [1.165, 1.54) is 12.1 Å². The molecule has 0 spiro atoms. The number of phenols is 1. The molecular formula is C22H22N2O3. The number of ketones is 2. The lowest BCUT2D eigenvalue weighted by atomic mass is 10.0. The molecule has 1 N–H and O–H groups in total. The second kappa shape index (κ2) is 8.45. The molecule has 5 heteroatoms. The molecule has 1 heterocycles. The fourth-order valence-electron chi connectivity index (χ4n) is 2.97. The first-order valence-corrected chi connectivity index (χ1v) is 8.94. The zero-order valence-electron chi connectivity index (χ0n) is 15.3. The van der Waals surface area contributed by atoms with Gasteiger partial charge in [-0.15, -0.1) is 0 Å². The van der Waals surface area contributed by atoms with Crippen LogP contribution in [0, 0.1) is 0 Å². The number of aromatic nitrogens is 2. The highest BCUT2D eigenvalue weighted by molar-refractivity contribution is 5.98. The average molecular weight is 362 g/mol. The predicted octanol–water partition coefficient (Wildman–Crippen LogP) is 3.96. The standard InChI is InChI=1S/C22H22N2O3/c1-24-18(15-23-22(24)17-5-3-2-4-6-17)9-12-20(26)13-14-21(27)16-7-10-19(25)11-8-16/h2-8,10-11,15,25H,9,12-14H2,1H3. The molecular weight excluding hydrogens is 340 g/mol. The van der Waals surface area contributed by atoms with Gasteiger partial charge in [0.1, 0.15) is 17.4 Å². The van der Waals surface area contributed by atoms with Crippen molar-refractivity contribution in [1.82, 2.24) is 9.55 Å². The fourth-order valence-corrected chi connectivity index (χ4v) is 2.97. The van der Waals surface area contributed by atoms with Crippen LogP contribution in [-0.2, 0) is 18.3 Å². The van der Waals surface area contributed by atoms with E-state index in [9.17, 15) is 14.7 Å². The molecule has 0 aliphatic rings. The molecule has 0 bridgehead atoms. The second-order valence-corrected chi connectivity index (χ2v) is 6.51. The van der Waals surface area contributed by atoms with E-state index in [0.29, 0.717) is 18.4 Å². The number of nitrogens with zero attached hydrogens (tertiary/aromatic N) is 2. The Morgan fingerprint density at radius 1 is 0.963 bits per heavy atom. The maximum Gasteiger partial charge on any atom is 0.163 e. The summed E-state index contributed by atoms with van der Waals surface area (Å²) in [6.45, 7) is 0. The Kier molecular flexibility index (Phi) is 5.81. The number of benzene rings is 2. The van der Waals surface area contributed by atoms with Gasteiger partial charge in [0.05, 0.1) is 0 Å². The number of hydrogen-bond donors (Lipinski definition) is 1. The van der Waals surface area contributed by atoms with Gasteiger partial charge in [0.15, 0.2) is 5.78 Å². The van der Waals surface area contributed by atoms with Crippen LogP contribution in [-0.4, -0.2) is 26.2 Å².